The van der Waals surface area contributed by atoms with Crippen LogP contribution in [0.25, 0.3) is 5.69 Å². The van der Waals surface area contributed by atoms with E-state index in [2.05, 4.69) is 5.10 Å². The fraction of sp³-hybridized carbons (Fsp3) is 0.333. The summed E-state index contributed by atoms with van der Waals surface area (Å²) in [6, 6.07) is 5.07. The maximum atomic E-state index is 12.0. The molecule has 0 unspecified atom stereocenters. The van der Waals surface area contributed by atoms with Crippen LogP contribution in [-0.2, 0) is 4.74 Å². The number of aromatic nitrogens is 2. The first kappa shape index (κ1) is 14.1. The predicted octanol–water partition coefficient (Wildman–Crippen LogP) is 2.72. The minimum atomic E-state index is -0.524. The van der Waals surface area contributed by atoms with Crippen LogP contribution < -0.4 is 5.73 Å². The molecule has 0 aliphatic carbocycles. The molecule has 2 N–H and O–H groups in total. The molecule has 5 heteroatoms. The topological polar surface area (TPSA) is 70.1 Å². The Hall–Kier alpha value is -2.30. The Morgan fingerprint density at radius 3 is 2.55 bits per heavy atom. The van der Waals surface area contributed by atoms with E-state index >= 15 is 0 Å². The molecule has 106 valence electrons. The van der Waals surface area contributed by atoms with Crippen molar-refractivity contribution in [2.45, 2.75) is 33.3 Å². The van der Waals surface area contributed by atoms with Crippen molar-refractivity contribution in [1.29, 1.82) is 0 Å². The molecule has 0 amide bonds. The van der Waals surface area contributed by atoms with Crippen LogP contribution in [0.2, 0.25) is 0 Å². The highest BCUT2D eigenvalue weighted by atomic mass is 16.6. The Morgan fingerprint density at radius 2 is 2.05 bits per heavy atom. The van der Waals surface area contributed by atoms with Gasteiger partial charge in [-0.1, -0.05) is 0 Å². The second kappa shape index (κ2) is 5.00. The molecule has 0 spiro atoms. The Bertz CT molecular complexity index is 639. The molecule has 0 bridgehead atoms. The fourth-order valence-electron chi connectivity index (χ4n) is 1.77. The van der Waals surface area contributed by atoms with E-state index in [9.17, 15) is 4.79 Å². The zero-order valence-electron chi connectivity index (χ0n) is 12.2. The van der Waals surface area contributed by atoms with E-state index in [1.165, 1.54) is 0 Å². The highest BCUT2D eigenvalue weighted by Gasteiger charge is 2.18. The highest BCUT2D eigenvalue weighted by Crippen LogP contribution is 2.20. The number of anilines is 1. The van der Waals surface area contributed by atoms with Gasteiger partial charge in [0.05, 0.1) is 23.1 Å². The standard InChI is InChI=1S/C15H19N3O2/c1-10-8-17-18(9-10)13-6-5-11(7-12(13)16)14(19)20-15(2,3)4/h5-9H,16H2,1-4H3. The summed E-state index contributed by atoms with van der Waals surface area (Å²) >= 11 is 0. The number of nitrogen functional groups attached to an aromatic ring is 1. The van der Waals surface area contributed by atoms with E-state index in [1.54, 1.807) is 29.1 Å². The van der Waals surface area contributed by atoms with Gasteiger partial charge in [0.1, 0.15) is 5.60 Å². The molecule has 2 rings (SSSR count). The quantitative estimate of drug-likeness (QED) is 0.674. The number of nitrogens with two attached hydrogens (primary N) is 1. The summed E-state index contributed by atoms with van der Waals surface area (Å²) in [5, 5.41) is 4.20. The van der Waals surface area contributed by atoms with Crippen molar-refractivity contribution in [3.63, 3.8) is 0 Å². The molecule has 0 aliphatic rings. The molecule has 1 heterocycles. The third-order valence-electron chi connectivity index (χ3n) is 2.62. The van der Waals surface area contributed by atoms with Gasteiger partial charge in [0.15, 0.2) is 0 Å². The third-order valence-corrected chi connectivity index (χ3v) is 2.62. The molecular formula is C15H19N3O2. The van der Waals surface area contributed by atoms with Gasteiger partial charge >= 0.3 is 5.97 Å². The van der Waals surface area contributed by atoms with E-state index in [0.29, 0.717) is 11.3 Å². The van der Waals surface area contributed by atoms with Crippen LogP contribution in [-0.4, -0.2) is 21.4 Å². The fourth-order valence-corrected chi connectivity index (χ4v) is 1.77. The molecule has 2 aromatic rings. The Labute approximate surface area is 118 Å². The molecule has 20 heavy (non-hydrogen) atoms. The van der Waals surface area contributed by atoms with Crippen LogP contribution >= 0.6 is 0 Å². The van der Waals surface area contributed by atoms with Crippen LogP contribution in [0.15, 0.2) is 30.6 Å². The van der Waals surface area contributed by atoms with Crippen molar-refractivity contribution in [2.75, 3.05) is 5.73 Å². The molecular weight excluding hydrogens is 254 g/mol. The zero-order chi connectivity index (χ0) is 14.9. The maximum Gasteiger partial charge on any atom is 0.338 e. The van der Waals surface area contributed by atoms with E-state index in [0.717, 1.165) is 11.3 Å². The lowest BCUT2D eigenvalue weighted by atomic mass is 10.1. The second-order valence-corrected chi connectivity index (χ2v) is 5.74. The second-order valence-electron chi connectivity index (χ2n) is 5.74. The van der Waals surface area contributed by atoms with Gasteiger partial charge in [-0.3, -0.25) is 0 Å². The molecule has 1 aromatic carbocycles. The first-order valence-electron chi connectivity index (χ1n) is 6.41. The minimum Gasteiger partial charge on any atom is -0.456 e. The molecule has 0 atom stereocenters. The molecule has 0 saturated heterocycles. The molecule has 0 fully saturated rings. The van der Waals surface area contributed by atoms with Crippen molar-refractivity contribution in [2.24, 2.45) is 0 Å². The van der Waals surface area contributed by atoms with Crippen LogP contribution in [0, 0.1) is 6.92 Å². The summed E-state index contributed by atoms with van der Waals surface area (Å²) in [6.45, 7) is 7.44. The van der Waals surface area contributed by atoms with Crippen LogP contribution in [0.1, 0.15) is 36.7 Å². The number of ether oxygens (including phenoxy) is 1. The summed E-state index contributed by atoms with van der Waals surface area (Å²) in [7, 11) is 0. The van der Waals surface area contributed by atoms with Crippen LogP contribution in [0.5, 0.6) is 0 Å². The first-order valence-corrected chi connectivity index (χ1v) is 6.41. The summed E-state index contributed by atoms with van der Waals surface area (Å²) in [5.74, 6) is -0.382. The summed E-state index contributed by atoms with van der Waals surface area (Å²) in [6.07, 6.45) is 3.63. The van der Waals surface area contributed by atoms with Gasteiger partial charge in [-0.25, -0.2) is 9.48 Å². The van der Waals surface area contributed by atoms with Crippen molar-refractivity contribution in [3.8, 4) is 5.69 Å². The van der Waals surface area contributed by atoms with Gasteiger partial charge in [-0.05, 0) is 51.5 Å². The lowest BCUT2D eigenvalue weighted by molar-refractivity contribution is 0.00696. The SMILES string of the molecule is Cc1cnn(-c2ccc(C(=O)OC(C)(C)C)cc2N)c1. The van der Waals surface area contributed by atoms with Crippen molar-refractivity contribution < 1.29 is 9.53 Å². The van der Waals surface area contributed by atoms with Gasteiger partial charge < -0.3 is 10.5 Å². The maximum absolute atomic E-state index is 12.0. The molecule has 5 nitrogen and oxygen atoms in total. The number of esters is 1. The number of carbonyl (C=O) groups is 1. The molecule has 0 saturated carbocycles. The summed E-state index contributed by atoms with van der Waals surface area (Å²) in [4.78, 5) is 12.0. The average Bonchev–Trinajstić information content (AvgIpc) is 2.73. The molecule has 1 aromatic heterocycles. The lowest BCUT2D eigenvalue weighted by Gasteiger charge is -2.19. The average molecular weight is 273 g/mol. The Balaban J connectivity index is 2.28. The first-order chi connectivity index (χ1) is 9.26. The number of benzene rings is 1. The van der Waals surface area contributed by atoms with Crippen molar-refractivity contribution in [1.82, 2.24) is 9.78 Å². The largest absolute Gasteiger partial charge is 0.456 e. The van der Waals surface area contributed by atoms with Crippen LogP contribution in [0.4, 0.5) is 5.69 Å². The van der Waals surface area contributed by atoms with E-state index < -0.39 is 5.60 Å². The van der Waals surface area contributed by atoms with Gasteiger partial charge in [-0.15, -0.1) is 0 Å². The van der Waals surface area contributed by atoms with Gasteiger partial charge in [0.25, 0.3) is 0 Å². The molecule has 0 radical (unpaired) electrons. The van der Waals surface area contributed by atoms with Crippen molar-refractivity contribution in [3.05, 3.63) is 41.7 Å². The van der Waals surface area contributed by atoms with Gasteiger partial charge in [0, 0.05) is 6.20 Å². The monoisotopic (exact) mass is 273 g/mol. The van der Waals surface area contributed by atoms with Crippen LogP contribution in [0.3, 0.4) is 0 Å². The van der Waals surface area contributed by atoms with Gasteiger partial charge in [-0.2, -0.15) is 5.10 Å². The lowest BCUT2D eigenvalue weighted by Crippen LogP contribution is -2.24. The van der Waals surface area contributed by atoms with Gasteiger partial charge in [0.2, 0.25) is 0 Å². The number of nitrogens with zero attached hydrogens (tertiary/aromatic N) is 2. The number of rotatable bonds is 2. The van der Waals surface area contributed by atoms with E-state index in [-0.39, 0.29) is 5.97 Å². The van der Waals surface area contributed by atoms with E-state index in [4.69, 9.17) is 10.5 Å². The molecule has 0 aliphatic heterocycles. The third kappa shape index (κ3) is 3.17. The summed E-state index contributed by atoms with van der Waals surface area (Å²) < 4.78 is 7.00. The summed E-state index contributed by atoms with van der Waals surface area (Å²) in [5.41, 5.74) is 8.17. The number of carbonyl (C=O) groups excluding carboxylic acids is 1. The van der Waals surface area contributed by atoms with Crippen molar-refractivity contribution >= 4 is 11.7 Å². The highest BCUT2D eigenvalue weighted by molar-refractivity contribution is 5.91. The number of hydrogen-bond donors (Lipinski definition) is 1. The Morgan fingerprint density at radius 1 is 1.35 bits per heavy atom. The Kier molecular flexibility index (Phi) is 3.53. The number of hydrogen-bond acceptors (Lipinski definition) is 4. The predicted molar refractivity (Wildman–Crippen MR) is 77.9 cm³/mol. The zero-order valence-corrected chi connectivity index (χ0v) is 12.2. The van der Waals surface area contributed by atoms with E-state index in [1.807, 2.05) is 33.9 Å². The normalized spacial score (nSPS) is 11.4. The minimum absolute atomic E-state index is 0.382. The number of aryl methyl sites for hydroxylation is 1. The smallest absolute Gasteiger partial charge is 0.338 e.